The fourth-order valence-electron chi connectivity index (χ4n) is 3.62. The normalized spacial score (nSPS) is 19.3. The molecule has 35 heavy (non-hydrogen) atoms. The first-order chi connectivity index (χ1) is 16.9. The molecule has 2 fully saturated rings. The van der Waals surface area contributed by atoms with Gasteiger partial charge in [-0.3, -0.25) is 0 Å². The Morgan fingerprint density at radius 1 is 0.771 bits per heavy atom. The Labute approximate surface area is 206 Å². The van der Waals surface area contributed by atoms with Crippen LogP contribution >= 0.6 is 0 Å². The molecule has 0 aliphatic carbocycles. The SMILES string of the molecule is C=C1CC(c2ccc(COC)cc2)OC1=O.C=C1CC(c2ccc(COCOCC)cc2)OC1=O. The minimum absolute atomic E-state index is 0.170. The molecule has 0 bridgehead atoms. The Kier molecular flexibility index (Phi) is 9.78. The van der Waals surface area contributed by atoms with Crippen molar-refractivity contribution in [2.45, 2.75) is 45.2 Å². The molecule has 2 aromatic rings. The predicted molar refractivity (Wildman–Crippen MR) is 130 cm³/mol. The van der Waals surface area contributed by atoms with Crippen LogP contribution in [0.2, 0.25) is 0 Å². The van der Waals surface area contributed by atoms with E-state index in [9.17, 15) is 9.59 Å². The third-order valence-electron chi connectivity index (χ3n) is 5.59. The molecular weight excluding hydrogens is 448 g/mol. The van der Waals surface area contributed by atoms with Crippen LogP contribution in [0, 0.1) is 0 Å². The van der Waals surface area contributed by atoms with Crippen LogP contribution < -0.4 is 0 Å². The first kappa shape index (κ1) is 26.3. The van der Waals surface area contributed by atoms with Crippen molar-refractivity contribution in [2.24, 2.45) is 0 Å². The molecule has 7 heteroatoms. The van der Waals surface area contributed by atoms with Gasteiger partial charge in [0, 0.05) is 37.7 Å². The second-order valence-electron chi connectivity index (χ2n) is 8.28. The largest absolute Gasteiger partial charge is 0.454 e. The van der Waals surface area contributed by atoms with E-state index in [0.29, 0.717) is 50.6 Å². The Morgan fingerprint density at radius 3 is 1.60 bits per heavy atom. The average Bonchev–Trinajstić information content (AvgIpc) is 3.38. The fourth-order valence-corrected chi connectivity index (χ4v) is 3.62. The molecule has 2 saturated heterocycles. The van der Waals surface area contributed by atoms with Gasteiger partial charge in [-0.15, -0.1) is 0 Å². The fraction of sp³-hybridized carbons (Fsp3) is 0.357. The van der Waals surface area contributed by atoms with Crippen molar-refractivity contribution >= 4 is 11.9 Å². The summed E-state index contributed by atoms with van der Waals surface area (Å²) in [6.07, 6.45) is 0.788. The number of cyclic esters (lactones) is 2. The molecule has 2 atom stereocenters. The third-order valence-corrected chi connectivity index (χ3v) is 5.59. The number of ether oxygens (including phenoxy) is 5. The topological polar surface area (TPSA) is 80.3 Å². The van der Waals surface area contributed by atoms with Gasteiger partial charge in [0.1, 0.15) is 19.0 Å². The van der Waals surface area contributed by atoms with Crippen molar-refractivity contribution in [3.63, 3.8) is 0 Å². The number of methoxy groups -OCH3 is 1. The summed E-state index contributed by atoms with van der Waals surface area (Å²) in [5.74, 6) is -0.583. The molecule has 0 aromatic heterocycles. The van der Waals surface area contributed by atoms with Crippen LogP contribution in [-0.2, 0) is 46.5 Å². The summed E-state index contributed by atoms with van der Waals surface area (Å²) >= 11 is 0. The first-order valence-electron chi connectivity index (χ1n) is 11.5. The maximum absolute atomic E-state index is 11.3. The number of esters is 2. The lowest BCUT2D eigenvalue weighted by molar-refractivity contribution is -0.140. The molecule has 2 aliphatic heterocycles. The highest BCUT2D eigenvalue weighted by molar-refractivity contribution is 5.90. The number of carbonyl (C=O) groups is 2. The highest BCUT2D eigenvalue weighted by atomic mass is 16.7. The van der Waals surface area contributed by atoms with E-state index in [2.05, 4.69) is 13.2 Å². The second kappa shape index (κ2) is 13.0. The van der Waals surface area contributed by atoms with E-state index in [1.54, 1.807) is 7.11 Å². The maximum atomic E-state index is 11.3. The first-order valence-corrected chi connectivity index (χ1v) is 11.5. The van der Waals surface area contributed by atoms with E-state index >= 15 is 0 Å². The van der Waals surface area contributed by atoms with Gasteiger partial charge in [0.25, 0.3) is 0 Å². The van der Waals surface area contributed by atoms with E-state index in [-0.39, 0.29) is 24.1 Å². The van der Waals surface area contributed by atoms with E-state index < -0.39 is 0 Å². The molecule has 2 aliphatic rings. The molecule has 186 valence electrons. The molecule has 0 spiro atoms. The van der Waals surface area contributed by atoms with Gasteiger partial charge in [0.2, 0.25) is 0 Å². The van der Waals surface area contributed by atoms with Gasteiger partial charge in [-0.2, -0.15) is 0 Å². The molecule has 7 nitrogen and oxygen atoms in total. The maximum Gasteiger partial charge on any atom is 0.334 e. The highest BCUT2D eigenvalue weighted by Gasteiger charge is 2.29. The van der Waals surface area contributed by atoms with Crippen LogP contribution in [0.5, 0.6) is 0 Å². The van der Waals surface area contributed by atoms with E-state index in [4.69, 9.17) is 23.7 Å². The van der Waals surface area contributed by atoms with Crippen LogP contribution in [-0.4, -0.2) is 32.4 Å². The van der Waals surface area contributed by atoms with Crippen LogP contribution in [0.15, 0.2) is 72.8 Å². The quantitative estimate of drug-likeness (QED) is 0.213. The number of hydrogen-bond acceptors (Lipinski definition) is 7. The Bertz CT molecular complexity index is 992. The number of benzene rings is 2. The monoisotopic (exact) mass is 480 g/mol. The number of rotatable bonds is 9. The summed E-state index contributed by atoms with van der Waals surface area (Å²) in [4.78, 5) is 22.5. The molecule has 4 rings (SSSR count). The van der Waals surface area contributed by atoms with Crippen molar-refractivity contribution < 1.29 is 33.3 Å². The molecule has 2 heterocycles. The lowest BCUT2D eigenvalue weighted by atomic mass is 10.0. The van der Waals surface area contributed by atoms with Crippen LogP contribution in [0.1, 0.15) is 54.2 Å². The van der Waals surface area contributed by atoms with E-state index in [0.717, 1.165) is 22.3 Å². The summed E-state index contributed by atoms with van der Waals surface area (Å²) in [6.45, 7) is 11.3. The minimum atomic E-state index is -0.297. The Balaban J connectivity index is 0.000000198. The van der Waals surface area contributed by atoms with Gasteiger partial charge in [-0.1, -0.05) is 61.7 Å². The van der Waals surface area contributed by atoms with Crippen molar-refractivity contribution in [2.75, 3.05) is 20.5 Å². The zero-order chi connectivity index (χ0) is 25.2. The van der Waals surface area contributed by atoms with Crippen molar-refractivity contribution in [1.29, 1.82) is 0 Å². The van der Waals surface area contributed by atoms with E-state index in [1.165, 1.54) is 0 Å². The summed E-state index contributed by atoms with van der Waals surface area (Å²) in [7, 11) is 1.66. The summed E-state index contributed by atoms with van der Waals surface area (Å²) in [5, 5.41) is 0. The summed E-state index contributed by atoms with van der Waals surface area (Å²) in [6, 6.07) is 15.7. The lowest BCUT2D eigenvalue weighted by Gasteiger charge is -2.10. The van der Waals surface area contributed by atoms with Gasteiger partial charge in [0.05, 0.1) is 13.2 Å². The van der Waals surface area contributed by atoms with Gasteiger partial charge >= 0.3 is 11.9 Å². The zero-order valence-electron chi connectivity index (χ0n) is 20.3. The Morgan fingerprint density at radius 2 is 1.23 bits per heavy atom. The van der Waals surface area contributed by atoms with Crippen LogP contribution in [0.3, 0.4) is 0 Å². The molecule has 2 unspecified atom stereocenters. The standard InChI is InChI=1S/C15H18O4.C13H14O3/c1-3-17-10-18-9-12-4-6-13(7-5-12)14-8-11(2)15(16)19-14;1-9-7-12(16-13(9)14)11-5-3-10(4-6-11)8-15-2/h4-7,14H,2-3,8-10H2,1H3;3-6,12H,1,7-8H2,2H3. The molecule has 2 aromatic carbocycles. The number of carbonyl (C=O) groups excluding carboxylic acids is 2. The smallest absolute Gasteiger partial charge is 0.334 e. The van der Waals surface area contributed by atoms with Crippen LogP contribution in [0.4, 0.5) is 0 Å². The molecule has 0 saturated carbocycles. The van der Waals surface area contributed by atoms with Crippen molar-refractivity contribution in [3.8, 4) is 0 Å². The number of hydrogen-bond donors (Lipinski definition) is 0. The molecule has 0 N–H and O–H groups in total. The summed E-state index contributed by atoms with van der Waals surface area (Å²) < 4.78 is 25.9. The Hall–Kier alpha value is -3.26. The summed E-state index contributed by atoms with van der Waals surface area (Å²) in [5.41, 5.74) is 5.24. The van der Waals surface area contributed by atoms with E-state index in [1.807, 2.05) is 55.5 Å². The molecule has 0 amide bonds. The van der Waals surface area contributed by atoms with Gasteiger partial charge in [-0.25, -0.2) is 9.59 Å². The third kappa shape index (κ3) is 7.62. The second-order valence-corrected chi connectivity index (χ2v) is 8.28. The van der Waals surface area contributed by atoms with Crippen molar-refractivity contribution in [1.82, 2.24) is 0 Å². The predicted octanol–water partition coefficient (Wildman–Crippen LogP) is 5.12. The molecule has 0 radical (unpaired) electrons. The zero-order valence-corrected chi connectivity index (χ0v) is 20.3. The minimum Gasteiger partial charge on any atom is -0.454 e. The highest BCUT2D eigenvalue weighted by Crippen LogP contribution is 2.33. The van der Waals surface area contributed by atoms with Crippen LogP contribution in [0.25, 0.3) is 0 Å². The average molecular weight is 481 g/mol. The molecular formula is C28H32O7. The van der Waals surface area contributed by atoms with Gasteiger partial charge < -0.3 is 23.7 Å². The lowest BCUT2D eigenvalue weighted by Crippen LogP contribution is -2.01. The van der Waals surface area contributed by atoms with Crippen molar-refractivity contribution in [3.05, 3.63) is 95.1 Å². The van der Waals surface area contributed by atoms with Gasteiger partial charge in [-0.05, 0) is 29.2 Å². The van der Waals surface area contributed by atoms with Gasteiger partial charge in [0.15, 0.2) is 0 Å².